The van der Waals surface area contributed by atoms with Crippen LogP contribution in [-0.2, 0) is 16.2 Å². The first-order chi connectivity index (χ1) is 16.5. The third kappa shape index (κ3) is 4.44. The van der Waals surface area contributed by atoms with Gasteiger partial charge >= 0.3 is 0 Å². The van der Waals surface area contributed by atoms with Gasteiger partial charge in [0.15, 0.2) is 23.1 Å². The molecule has 1 heterocycles. The smallest absolute Gasteiger partial charge is 0.174 e. The number of Topliss-reactive ketones (excluding diaryl/α,β-unsaturated/α-hetero) is 2. The molecule has 2 aromatic rings. The number of carbonyl (C=O) groups is 2. The van der Waals surface area contributed by atoms with Gasteiger partial charge < -0.3 is 14.8 Å². The Labute approximate surface area is 221 Å². The second-order valence-electron chi connectivity index (χ2n) is 8.85. The van der Waals surface area contributed by atoms with E-state index in [0.717, 1.165) is 67.4 Å². The summed E-state index contributed by atoms with van der Waals surface area (Å²) in [4.78, 5) is 26.2. The SMILES string of the molecule is COc1cc(C2C3=C(CCCC3=O)NC3=C2C(=O)CCC3)cc(I)c1OCc1ccc(Br)cc1. The van der Waals surface area contributed by atoms with Crippen molar-refractivity contribution < 1.29 is 19.1 Å². The van der Waals surface area contributed by atoms with Gasteiger partial charge in [0.05, 0.1) is 10.7 Å². The quantitative estimate of drug-likeness (QED) is 0.389. The predicted molar refractivity (Wildman–Crippen MR) is 142 cm³/mol. The van der Waals surface area contributed by atoms with E-state index in [0.29, 0.717) is 30.9 Å². The molecule has 176 valence electrons. The van der Waals surface area contributed by atoms with Crippen molar-refractivity contribution in [3.63, 3.8) is 0 Å². The fourth-order valence-electron chi connectivity index (χ4n) is 5.10. The Hall–Kier alpha value is -2.13. The van der Waals surface area contributed by atoms with Crippen LogP contribution in [0, 0.1) is 3.57 Å². The molecule has 0 unspecified atom stereocenters. The number of halogens is 2. The van der Waals surface area contributed by atoms with Crippen LogP contribution in [0.4, 0.5) is 0 Å². The van der Waals surface area contributed by atoms with E-state index >= 15 is 0 Å². The van der Waals surface area contributed by atoms with Crippen molar-refractivity contribution in [3.8, 4) is 11.5 Å². The average Bonchev–Trinajstić information content (AvgIpc) is 2.83. The highest BCUT2D eigenvalue weighted by molar-refractivity contribution is 14.1. The Balaban J connectivity index is 1.55. The summed E-state index contributed by atoms with van der Waals surface area (Å²) >= 11 is 5.71. The first kappa shape index (κ1) is 23.6. The number of ketones is 2. The highest BCUT2D eigenvalue weighted by Crippen LogP contribution is 2.47. The number of carbonyl (C=O) groups excluding carboxylic acids is 2. The normalized spacial score (nSPS) is 18.4. The molecule has 3 aliphatic rings. The molecule has 0 atom stereocenters. The Kier molecular flexibility index (Phi) is 6.84. The molecule has 7 heteroatoms. The number of benzene rings is 2. The Morgan fingerprint density at radius 3 is 2.18 bits per heavy atom. The van der Waals surface area contributed by atoms with E-state index in [-0.39, 0.29) is 17.5 Å². The predicted octanol–water partition coefficient (Wildman–Crippen LogP) is 6.34. The highest BCUT2D eigenvalue weighted by Gasteiger charge is 2.40. The first-order valence-corrected chi connectivity index (χ1v) is 13.4. The molecule has 0 saturated heterocycles. The fraction of sp³-hybridized carbons (Fsp3) is 0.333. The van der Waals surface area contributed by atoms with Crippen LogP contribution in [0.5, 0.6) is 11.5 Å². The van der Waals surface area contributed by atoms with Crippen LogP contribution in [0.3, 0.4) is 0 Å². The summed E-state index contributed by atoms with van der Waals surface area (Å²) in [5, 5.41) is 3.47. The standard InChI is InChI=1S/C27H25BrINO4/c1-33-23-13-16(12-18(29)27(23)34-14-15-8-10-17(28)11-9-15)24-25-19(4-2-6-21(25)31)30-20-5-3-7-22(32)26(20)24/h8-13,24,30H,2-7,14H2,1H3. The molecule has 1 aliphatic heterocycles. The minimum Gasteiger partial charge on any atom is -0.493 e. The van der Waals surface area contributed by atoms with Crippen LogP contribution in [0.15, 0.2) is 63.4 Å². The summed E-state index contributed by atoms with van der Waals surface area (Å²) in [5.74, 6) is 1.18. The van der Waals surface area contributed by atoms with Crippen molar-refractivity contribution in [2.24, 2.45) is 0 Å². The van der Waals surface area contributed by atoms with Gasteiger partial charge in [-0.25, -0.2) is 0 Å². The van der Waals surface area contributed by atoms with Crippen molar-refractivity contribution in [1.82, 2.24) is 5.32 Å². The van der Waals surface area contributed by atoms with Crippen LogP contribution in [-0.4, -0.2) is 18.7 Å². The van der Waals surface area contributed by atoms with Crippen molar-refractivity contribution in [2.45, 2.75) is 51.0 Å². The summed E-state index contributed by atoms with van der Waals surface area (Å²) in [6.07, 6.45) is 4.42. The lowest BCUT2D eigenvalue weighted by molar-refractivity contribution is -0.116. The molecule has 2 aromatic carbocycles. The molecule has 0 radical (unpaired) electrons. The number of hydrogen-bond donors (Lipinski definition) is 1. The zero-order valence-electron chi connectivity index (χ0n) is 18.9. The van der Waals surface area contributed by atoms with E-state index in [1.54, 1.807) is 7.11 Å². The van der Waals surface area contributed by atoms with Crippen molar-refractivity contribution in [3.05, 3.63) is 78.1 Å². The van der Waals surface area contributed by atoms with Gasteiger partial charge in [0.1, 0.15) is 6.61 Å². The maximum absolute atomic E-state index is 13.1. The molecule has 0 fully saturated rings. The van der Waals surface area contributed by atoms with E-state index in [2.05, 4.69) is 43.8 Å². The maximum atomic E-state index is 13.1. The van der Waals surface area contributed by atoms with Crippen LogP contribution in [0.2, 0.25) is 0 Å². The molecule has 0 saturated carbocycles. The van der Waals surface area contributed by atoms with Gasteiger partial charge in [0.2, 0.25) is 0 Å². The van der Waals surface area contributed by atoms with Gasteiger partial charge in [-0.1, -0.05) is 28.1 Å². The van der Waals surface area contributed by atoms with Crippen LogP contribution in [0.25, 0.3) is 0 Å². The lowest BCUT2D eigenvalue weighted by atomic mass is 9.71. The van der Waals surface area contributed by atoms with E-state index in [9.17, 15) is 9.59 Å². The third-order valence-electron chi connectivity index (χ3n) is 6.67. The topological polar surface area (TPSA) is 64.6 Å². The molecule has 2 aliphatic carbocycles. The van der Waals surface area contributed by atoms with E-state index in [4.69, 9.17) is 9.47 Å². The second-order valence-corrected chi connectivity index (χ2v) is 10.9. The third-order valence-corrected chi connectivity index (χ3v) is 8.00. The number of dihydropyridines is 1. The summed E-state index contributed by atoms with van der Waals surface area (Å²) < 4.78 is 13.8. The highest BCUT2D eigenvalue weighted by atomic mass is 127. The summed E-state index contributed by atoms with van der Waals surface area (Å²) in [6, 6.07) is 12.0. The van der Waals surface area contributed by atoms with Gasteiger partial charge in [-0.15, -0.1) is 0 Å². The largest absolute Gasteiger partial charge is 0.493 e. The fourth-order valence-corrected chi connectivity index (χ4v) is 6.14. The lowest BCUT2D eigenvalue weighted by Crippen LogP contribution is -2.36. The second kappa shape index (κ2) is 9.85. The van der Waals surface area contributed by atoms with Gasteiger partial charge in [-0.3, -0.25) is 9.59 Å². The maximum Gasteiger partial charge on any atom is 0.174 e. The van der Waals surface area contributed by atoms with Crippen molar-refractivity contribution in [1.29, 1.82) is 0 Å². The monoisotopic (exact) mass is 633 g/mol. The number of methoxy groups -OCH3 is 1. The number of ether oxygens (including phenoxy) is 2. The van der Waals surface area contributed by atoms with Crippen LogP contribution >= 0.6 is 38.5 Å². The Morgan fingerprint density at radius 1 is 0.971 bits per heavy atom. The molecule has 0 aromatic heterocycles. The van der Waals surface area contributed by atoms with Crippen LogP contribution in [0.1, 0.15) is 55.6 Å². The average molecular weight is 634 g/mol. The number of hydrogen-bond acceptors (Lipinski definition) is 5. The van der Waals surface area contributed by atoms with Crippen molar-refractivity contribution in [2.75, 3.05) is 7.11 Å². The Bertz CT molecular complexity index is 1190. The van der Waals surface area contributed by atoms with E-state index < -0.39 is 0 Å². The summed E-state index contributed by atoms with van der Waals surface area (Å²) in [7, 11) is 1.62. The minimum atomic E-state index is -0.352. The molecule has 34 heavy (non-hydrogen) atoms. The molecule has 0 amide bonds. The number of nitrogens with one attached hydrogen (secondary N) is 1. The Morgan fingerprint density at radius 2 is 1.59 bits per heavy atom. The molecule has 5 rings (SSSR count). The van der Waals surface area contributed by atoms with Gasteiger partial charge in [0, 0.05) is 45.8 Å². The zero-order valence-corrected chi connectivity index (χ0v) is 22.6. The molecular formula is C27H25BrINO4. The lowest BCUT2D eigenvalue weighted by Gasteiger charge is -2.37. The summed E-state index contributed by atoms with van der Waals surface area (Å²) in [5.41, 5.74) is 5.43. The summed E-state index contributed by atoms with van der Waals surface area (Å²) in [6.45, 7) is 0.411. The number of allylic oxidation sites excluding steroid dienone is 4. The van der Waals surface area contributed by atoms with E-state index in [1.165, 1.54) is 0 Å². The van der Waals surface area contributed by atoms with Crippen molar-refractivity contribution >= 4 is 50.1 Å². The first-order valence-electron chi connectivity index (χ1n) is 11.5. The molecule has 5 nitrogen and oxygen atoms in total. The van der Waals surface area contributed by atoms with E-state index in [1.807, 2.05) is 36.4 Å². The number of rotatable bonds is 5. The van der Waals surface area contributed by atoms with Gasteiger partial charge in [0.25, 0.3) is 0 Å². The molecule has 1 N–H and O–H groups in total. The molecule has 0 bridgehead atoms. The van der Waals surface area contributed by atoms with Crippen LogP contribution < -0.4 is 14.8 Å². The minimum absolute atomic E-state index is 0.133. The molecule has 0 spiro atoms. The molecular weight excluding hydrogens is 609 g/mol. The van der Waals surface area contributed by atoms with Gasteiger partial charge in [-0.05, 0) is 83.7 Å². The zero-order chi connectivity index (χ0) is 23.8. The van der Waals surface area contributed by atoms with Gasteiger partial charge in [-0.2, -0.15) is 0 Å².